The summed E-state index contributed by atoms with van der Waals surface area (Å²) < 4.78 is 53.1. The predicted octanol–water partition coefficient (Wildman–Crippen LogP) is 4.68. The van der Waals surface area contributed by atoms with Gasteiger partial charge in [0.15, 0.2) is 5.82 Å². The standard InChI is InChI=1S/C16H8F4N4S/c17-12-6-4-9(5-7-12)14-23-24-13(21-22-15(24)25-14)10-2-1-3-11(8-10)16(18,19)20/h1-8H. The minimum absolute atomic E-state index is 0.214. The SMILES string of the molecule is Fc1ccc(-c2nn3c(-c4cccc(C(F)(F)F)c4)nnc3s2)cc1. The molecule has 9 heteroatoms. The van der Waals surface area contributed by atoms with Gasteiger partial charge < -0.3 is 0 Å². The molecule has 0 aliphatic heterocycles. The van der Waals surface area contributed by atoms with Crippen molar-refractivity contribution in [2.45, 2.75) is 6.18 Å². The molecule has 2 heterocycles. The predicted molar refractivity (Wildman–Crippen MR) is 84.5 cm³/mol. The van der Waals surface area contributed by atoms with Crippen LogP contribution in [0.15, 0.2) is 48.5 Å². The summed E-state index contributed by atoms with van der Waals surface area (Å²) in [6.07, 6.45) is -4.44. The van der Waals surface area contributed by atoms with E-state index in [-0.39, 0.29) is 17.2 Å². The number of rotatable bonds is 2. The highest BCUT2D eigenvalue weighted by molar-refractivity contribution is 7.19. The summed E-state index contributed by atoms with van der Waals surface area (Å²) in [6, 6.07) is 10.6. The average Bonchev–Trinajstić information content (AvgIpc) is 3.15. The molecule has 0 spiro atoms. The molecule has 0 N–H and O–H groups in total. The molecule has 126 valence electrons. The fourth-order valence-electron chi connectivity index (χ4n) is 2.34. The largest absolute Gasteiger partial charge is 0.416 e. The Bertz CT molecular complexity index is 1050. The van der Waals surface area contributed by atoms with Gasteiger partial charge in [0.1, 0.15) is 10.8 Å². The van der Waals surface area contributed by atoms with Crippen LogP contribution in [0.1, 0.15) is 5.56 Å². The van der Waals surface area contributed by atoms with Crippen molar-refractivity contribution in [1.82, 2.24) is 19.8 Å². The van der Waals surface area contributed by atoms with E-state index in [0.717, 1.165) is 12.1 Å². The summed E-state index contributed by atoms with van der Waals surface area (Å²) >= 11 is 1.22. The second kappa shape index (κ2) is 5.62. The van der Waals surface area contributed by atoms with E-state index >= 15 is 0 Å². The Labute approximate surface area is 142 Å². The first-order valence-electron chi connectivity index (χ1n) is 7.07. The van der Waals surface area contributed by atoms with Gasteiger partial charge in [-0.3, -0.25) is 0 Å². The molecule has 0 amide bonds. The minimum atomic E-state index is -4.44. The number of benzene rings is 2. The van der Waals surface area contributed by atoms with Gasteiger partial charge in [-0.2, -0.15) is 22.8 Å². The lowest BCUT2D eigenvalue weighted by atomic mass is 10.1. The van der Waals surface area contributed by atoms with E-state index in [1.807, 2.05) is 0 Å². The van der Waals surface area contributed by atoms with E-state index in [1.165, 1.54) is 40.1 Å². The Morgan fingerprint density at radius 2 is 1.68 bits per heavy atom. The molecule has 0 aliphatic rings. The first-order chi connectivity index (χ1) is 11.9. The lowest BCUT2D eigenvalue weighted by Crippen LogP contribution is -2.05. The van der Waals surface area contributed by atoms with E-state index in [9.17, 15) is 17.6 Å². The number of aromatic nitrogens is 4. The number of halogens is 4. The van der Waals surface area contributed by atoms with Crippen LogP contribution in [0.25, 0.3) is 26.9 Å². The third-order valence-corrected chi connectivity index (χ3v) is 4.48. The van der Waals surface area contributed by atoms with Crippen LogP contribution in [0.5, 0.6) is 0 Å². The van der Waals surface area contributed by atoms with Gasteiger partial charge in [0.05, 0.1) is 5.56 Å². The second-order valence-corrected chi connectivity index (χ2v) is 6.17. The van der Waals surface area contributed by atoms with Crippen LogP contribution in [0.2, 0.25) is 0 Å². The van der Waals surface area contributed by atoms with Crippen LogP contribution < -0.4 is 0 Å². The maximum absolute atomic E-state index is 13.0. The van der Waals surface area contributed by atoms with Gasteiger partial charge in [0.25, 0.3) is 0 Å². The van der Waals surface area contributed by atoms with Crippen molar-refractivity contribution in [2.24, 2.45) is 0 Å². The summed E-state index contributed by atoms with van der Waals surface area (Å²) in [7, 11) is 0. The average molecular weight is 364 g/mol. The highest BCUT2D eigenvalue weighted by Crippen LogP contribution is 2.33. The molecule has 0 unspecified atom stereocenters. The minimum Gasteiger partial charge on any atom is -0.207 e. The smallest absolute Gasteiger partial charge is 0.207 e. The molecule has 0 saturated heterocycles. The van der Waals surface area contributed by atoms with Gasteiger partial charge in [0.2, 0.25) is 4.96 Å². The first kappa shape index (κ1) is 15.7. The molecule has 2 aromatic carbocycles. The topological polar surface area (TPSA) is 43.1 Å². The zero-order chi connectivity index (χ0) is 17.6. The molecular formula is C16H8F4N4S. The number of hydrogen-bond acceptors (Lipinski definition) is 4. The Kier molecular flexibility index (Phi) is 3.53. The van der Waals surface area contributed by atoms with E-state index in [0.29, 0.717) is 15.5 Å². The summed E-state index contributed by atoms with van der Waals surface area (Å²) in [5.41, 5.74) is 0.181. The Morgan fingerprint density at radius 1 is 0.920 bits per heavy atom. The fourth-order valence-corrected chi connectivity index (χ4v) is 3.19. The molecule has 4 aromatic rings. The molecule has 4 rings (SSSR count). The van der Waals surface area contributed by atoms with Gasteiger partial charge in [-0.1, -0.05) is 23.5 Å². The summed E-state index contributed by atoms with van der Waals surface area (Å²) in [4.78, 5) is 0.437. The molecule has 25 heavy (non-hydrogen) atoms. The van der Waals surface area contributed by atoms with Crippen LogP contribution in [0.4, 0.5) is 17.6 Å². The number of nitrogens with zero attached hydrogens (tertiary/aromatic N) is 4. The summed E-state index contributed by atoms with van der Waals surface area (Å²) in [5, 5.41) is 12.8. The fraction of sp³-hybridized carbons (Fsp3) is 0.0625. The van der Waals surface area contributed by atoms with Gasteiger partial charge in [-0.25, -0.2) is 4.39 Å². The van der Waals surface area contributed by atoms with Crippen LogP contribution in [0.3, 0.4) is 0 Å². The molecule has 0 saturated carbocycles. The van der Waals surface area contributed by atoms with Crippen LogP contribution >= 0.6 is 11.3 Å². The van der Waals surface area contributed by atoms with Crippen molar-refractivity contribution < 1.29 is 17.6 Å². The van der Waals surface area contributed by atoms with Crippen molar-refractivity contribution in [3.05, 3.63) is 59.9 Å². The second-order valence-electron chi connectivity index (χ2n) is 5.21. The molecule has 0 fully saturated rings. The van der Waals surface area contributed by atoms with Gasteiger partial charge >= 0.3 is 6.18 Å². The summed E-state index contributed by atoms with van der Waals surface area (Å²) in [6.45, 7) is 0. The maximum Gasteiger partial charge on any atom is 0.416 e. The van der Waals surface area contributed by atoms with Crippen LogP contribution in [0, 0.1) is 5.82 Å². The van der Waals surface area contributed by atoms with E-state index in [1.54, 1.807) is 12.1 Å². The van der Waals surface area contributed by atoms with Crippen molar-refractivity contribution >= 4 is 16.3 Å². The lowest BCUT2D eigenvalue weighted by molar-refractivity contribution is -0.137. The first-order valence-corrected chi connectivity index (χ1v) is 7.89. The molecule has 0 radical (unpaired) electrons. The molecule has 2 aromatic heterocycles. The molecule has 0 aliphatic carbocycles. The van der Waals surface area contributed by atoms with Gasteiger partial charge in [-0.05, 0) is 36.4 Å². The van der Waals surface area contributed by atoms with Crippen molar-refractivity contribution in [3.8, 4) is 22.0 Å². The van der Waals surface area contributed by atoms with Gasteiger partial charge in [0, 0.05) is 11.1 Å². The zero-order valence-corrected chi connectivity index (χ0v) is 13.1. The van der Waals surface area contributed by atoms with Crippen molar-refractivity contribution in [3.63, 3.8) is 0 Å². The van der Waals surface area contributed by atoms with E-state index < -0.39 is 11.7 Å². The maximum atomic E-state index is 13.0. The Hall–Kier alpha value is -2.81. The molecule has 4 nitrogen and oxygen atoms in total. The van der Waals surface area contributed by atoms with E-state index in [2.05, 4.69) is 15.3 Å². The number of alkyl halides is 3. The highest BCUT2D eigenvalue weighted by atomic mass is 32.1. The number of hydrogen-bond donors (Lipinski definition) is 0. The normalized spacial score (nSPS) is 12.0. The number of fused-ring (bicyclic) bond motifs is 1. The monoisotopic (exact) mass is 364 g/mol. The lowest BCUT2D eigenvalue weighted by Gasteiger charge is -2.07. The Balaban J connectivity index is 1.80. The van der Waals surface area contributed by atoms with Crippen molar-refractivity contribution in [1.29, 1.82) is 0 Å². The molecule has 0 bridgehead atoms. The molecular weight excluding hydrogens is 356 g/mol. The van der Waals surface area contributed by atoms with E-state index in [4.69, 9.17) is 0 Å². The third-order valence-electron chi connectivity index (χ3n) is 3.53. The highest BCUT2D eigenvalue weighted by Gasteiger charge is 2.31. The van der Waals surface area contributed by atoms with Crippen LogP contribution in [-0.2, 0) is 6.18 Å². The van der Waals surface area contributed by atoms with Gasteiger partial charge in [-0.15, -0.1) is 10.2 Å². The quantitative estimate of drug-likeness (QED) is 0.485. The summed E-state index contributed by atoms with van der Waals surface area (Å²) in [5.74, 6) is -0.151. The zero-order valence-electron chi connectivity index (χ0n) is 12.3. The Morgan fingerprint density at radius 3 is 2.40 bits per heavy atom. The molecule has 0 atom stereocenters. The van der Waals surface area contributed by atoms with Crippen molar-refractivity contribution in [2.75, 3.05) is 0 Å². The van der Waals surface area contributed by atoms with Crippen LogP contribution in [-0.4, -0.2) is 19.8 Å². The third kappa shape index (κ3) is 2.86.